The van der Waals surface area contributed by atoms with Gasteiger partial charge in [-0.2, -0.15) is 0 Å². The molecule has 0 aromatic carbocycles. The second kappa shape index (κ2) is 7.13. The number of halogens is 1. The highest BCUT2D eigenvalue weighted by Crippen LogP contribution is 2.50. The van der Waals surface area contributed by atoms with E-state index in [4.69, 9.17) is 5.73 Å². The molecule has 1 heterocycles. The van der Waals surface area contributed by atoms with Crippen LogP contribution in [0, 0.1) is 17.8 Å². The van der Waals surface area contributed by atoms with E-state index in [1.54, 1.807) is 0 Å². The lowest BCUT2D eigenvalue weighted by atomic mass is 9.83. The average molecular weight is 301 g/mol. The maximum atomic E-state index is 12.2. The molecule has 2 aliphatic carbocycles. The predicted molar refractivity (Wildman–Crippen MR) is 83.8 cm³/mol. The Morgan fingerprint density at radius 1 is 1.20 bits per heavy atom. The molecular weight excluding hydrogens is 272 g/mol. The third kappa shape index (κ3) is 3.30. The van der Waals surface area contributed by atoms with Crippen molar-refractivity contribution in [2.45, 2.75) is 63.8 Å². The van der Waals surface area contributed by atoms with Crippen molar-refractivity contribution in [2.75, 3.05) is 13.1 Å². The zero-order valence-electron chi connectivity index (χ0n) is 12.4. The lowest BCUT2D eigenvalue weighted by molar-refractivity contribution is -0.132. The van der Waals surface area contributed by atoms with Crippen molar-refractivity contribution < 1.29 is 4.79 Å². The van der Waals surface area contributed by atoms with Crippen LogP contribution in [0.2, 0.25) is 0 Å². The molecule has 2 bridgehead atoms. The SMILES string of the molecule is Cl.NCCCC(=O)N1CCCC1CC1CC2CCC1C2. The van der Waals surface area contributed by atoms with Crippen LogP contribution in [0.15, 0.2) is 0 Å². The maximum Gasteiger partial charge on any atom is 0.222 e. The Kier molecular flexibility index (Phi) is 5.74. The Bertz CT molecular complexity index is 336. The molecule has 1 amide bonds. The number of nitrogens with zero attached hydrogens (tertiary/aromatic N) is 1. The Labute approximate surface area is 129 Å². The normalized spacial score (nSPS) is 35.4. The summed E-state index contributed by atoms with van der Waals surface area (Å²) >= 11 is 0. The van der Waals surface area contributed by atoms with E-state index in [-0.39, 0.29) is 12.4 Å². The molecule has 1 saturated heterocycles. The summed E-state index contributed by atoms with van der Waals surface area (Å²) in [6.45, 7) is 1.63. The zero-order valence-corrected chi connectivity index (χ0v) is 13.2. The van der Waals surface area contributed by atoms with Crippen LogP contribution in [0.5, 0.6) is 0 Å². The van der Waals surface area contributed by atoms with Crippen LogP contribution >= 0.6 is 12.4 Å². The van der Waals surface area contributed by atoms with Gasteiger partial charge >= 0.3 is 0 Å². The van der Waals surface area contributed by atoms with E-state index in [0.29, 0.717) is 24.9 Å². The molecule has 4 heteroatoms. The summed E-state index contributed by atoms with van der Waals surface area (Å²) in [4.78, 5) is 14.4. The summed E-state index contributed by atoms with van der Waals surface area (Å²) in [5.41, 5.74) is 5.51. The number of nitrogens with two attached hydrogens (primary N) is 1. The van der Waals surface area contributed by atoms with E-state index in [1.807, 2.05) is 0 Å². The minimum atomic E-state index is 0. The Morgan fingerprint density at radius 3 is 2.70 bits per heavy atom. The van der Waals surface area contributed by atoms with Crippen LogP contribution in [-0.2, 0) is 4.79 Å². The molecule has 4 unspecified atom stereocenters. The van der Waals surface area contributed by atoms with E-state index in [9.17, 15) is 4.79 Å². The highest BCUT2D eigenvalue weighted by molar-refractivity contribution is 5.85. The number of hydrogen-bond donors (Lipinski definition) is 1. The minimum absolute atomic E-state index is 0. The van der Waals surface area contributed by atoms with Gasteiger partial charge in [0, 0.05) is 19.0 Å². The van der Waals surface area contributed by atoms with Gasteiger partial charge in [0.25, 0.3) is 0 Å². The summed E-state index contributed by atoms with van der Waals surface area (Å²) in [5.74, 6) is 3.30. The Morgan fingerprint density at radius 2 is 2.05 bits per heavy atom. The van der Waals surface area contributed by atoms with E-state index in [1.165, 1.54) is 44.9 Å². The molecule has 0 aromatic rings. The first-order valence-electron chi connectivity index (χ1n) is 8.27. The minimum Gasteiger partial charge on any atom is -0.340 e. The Hall–Kier alpha value is -0.280. The van der Waals surface area contributed by atoms with Crippen LogP contribution < -0.4 is 5.73 Å². The second-order valence-electron chi connectivity index (χ2n) is 6.95. The van der Waals surface area contributed by atoms with Crippen molar-refractivity contribution >= 4 is 18.3 Å². The second-order valence-corrected chi connectivity index (χ2v) is 6.95. The van der Waals surface area contributed by atoms with Gasteiger partial charge in [0.1, 0.15) is 0 Å². The molecule has 116 valence electrons. The number of hydrogen-bond acceptors (Lipinski definition) is 2. The molecule has 4 atom stereocenters. The molecular formula is C16H29ClN2O. The molecule has 20 heavy (non-hydrogen) atoms. The van der Waals surface area contributed by atoms with Gasteiger partial charge in [-0.15, -0.1) is 12.4 Å². The largest absolute Gasteiger partial charge is 0.340 e. The number of carbonyl (C=O) groups excluding carboxylic acids is 1. The van der Waals surface area contributed by atoms with Crippen molar-refractivity contribution in [2.24, 2.45) is 23.5 Å². The lowest BCUT2D eigenvalue weighted by Crippen LogP contribution is -2.37. The average Bonchev–Trinajstić information content (AvgIpc) is 3.11. The molecule has 0 radical (unpaired) electrons. The first-order valence-corrected chi connectivity index (χ1v) is 8.27. The molecule has 3 rings (SSSR count). The van der Waals surface area contributed by atoms with Crippen molar-refractivity contribution in [3.63, 3.8) is 0 Å². The highest BCUT2D eigenvalue weighted by atomic mass is 35.5. The van der Waals surface area contributed by atoms with Crippen LogP contribution in [0.3, 0.4) is 0 Å². The fourth-order valence-corrected chi connectivity index (χ4v) is 4.82. The zero-order chi connectivity index (χ0) is 13.2. The molecule has 2 N–H and O–H groups in total. The number of rotatable bonds is 5. The molecule has 0 spiro atoms. The summed E-state index contributed by atoms with van der Waals surface area (Å²) < 4.78 is 0. The molecule has 1 aliphatic heterocycles. The third-order valence-electron chi connectivity index (χ3n) is 5.75. The van der Waals surface area contributed by atoms with E-state index >= 15 is 0 Å². The van der Waals surface area contributed by atoms with Crippen molar-refractivity contribution in [3.05, 3.63) is 0 Å². The third-order valence-corrected chi connectivity index (χ3v) is 5.75. The van der Waals surface area contributed by atoms with Gasteiger partial charge in [-0.25, -0.2) is 0 Å². The molecule has 0 aromatic heterocycles. The van der Waals surface area contributed by atoms with Gasteiger partial charge in [-0.05, 0) is 69.2 Å². The van der Waals surface area contributed by atoms with Gasteiger partial charge in [-0.3, -0.25) is 4.79 Å². The summed E-state index contributed by atoms with van der Waals surface area (Å²) in [5, 5.41) is 0. The van der Waals surface area contributed by atoms with Crippen molar-refractivity contribution in [3.8, 4) is 0 Å². The number of fused-ring (bicyclic) bond motifs is 2. The first kappa shape index (κ1) is 16.1. The fraction of sp³-hybridized carbons (Fsp3) is 0.938. The van der Waals surface area contributed by atoms with Crippen LogP contribution in [0.4, 0.5) is 0 Å². The fourth-order valence-electron chi connectivity index (χ4n) is 4.82. The smallest absolute Gasteiger partial charge is 0.222 e. The standard InChI is InChI=1S/C16H28N2O.ClH/c17-7-1-4-16(19)18-8-2-3-15(18)11-14-10-12-5-6-13(14)9-12;/h12-15H,1-11,17H2;1H. The van der Waals surface area contributed by atoms with Crippen molar-refractivity contribution in [1.29, 1.82) is 0 Å². The lowest BCUT2D eigenvalue weighted by Gasteiger charge is -2.30. The quantitative estimate of drug-likeness (QED) is 0.848. The van der Waals surface area contributed by atoms with Gasteiger partial charge in [0.2, 0.25) is 5.91 Å². The number of amides is 1. The summed E-state index contributed by atoms with van der Waals surface area (Å²) in [7, 11) is 0. The van der Waals surface area contributed by atoms with Gasteiger partial charge in [-0.1, -0.05) is 6.42 Å². The summed E-state index contributed by atoms with van der Waals surface area (Å²) in [6, 6.07) is 0.551. The van der Waals surface area contributed by atoms with E-state index in [0.717, 1.165) is 30.7 Å². The molecule has 3 aliphatic rings. The maximum absolute atomic E-state index is 12.2. The van der Waals surface area contributed by atoms with Crippen LogP contribution in [0.25, 0.3) is 0 Å². The monoisotopic (exact) mass is 300 g/mol. The molecule has 2 saturated carbocycles. The van der Waals surface area contributed by atoms with Gasteiger partial charge < -0.3 is 10.6 Å². The summed E-state index contributed by atoms with van der Waals surface area (Å²) in [6.07, 6.45) is 11.1. The number of carbonyl (C=O) groups is 1. The predicted octanol–water partition coefficient (Wildman–Crippen LogP) is 2.96. The van der Waals surface area contributed by atoms with Crippen molar-refractivity contribution in [1.82, 2.24) is 4.90 Å². The van der Waals surface area contributed by atoms with E-state index < -0.39 is 0 Å². The number of likely N-dealkylation sites (tertiary alicyclic amines) is 1. The van der Waals surface area contributed by atoms with Crippen LogP contribution in [-0.4, -0.2) is 29.9 Å². The Balaban J connectivity index is 0.00000147. The van der Waals surface area contributed by atoms with E-state index in [2.05, 4.69) is 4.90 Å². The molecule has 3 nitrogen and oxygen atoms in total. The van der Waals surface area contributed by atoms with Gasteiger partial charge in [0.15, 0.2) is 0 Å². The first-order chi connectivity index (χ1) is 9.28. The molecule has 3 fully saturated rings. The highest BCUT2D eigenvalue weighted by Gasteiger charge is 2.41. The van der Waals surface area contributed by atoms with Crippen LogP contribution in [0.1, 0.15) is 57.8 Å². The topological polar surface area (TPSA) is 46.3 Å². The van der Waals surface area contributed by atoms with Gasteiger partial charge in [0.05, 0.1) is 0 Å².